The number of amides is 1. The van der Waals surface area contributed by atoms with Gasteiger partial charge in [0.2, 0.25) is 5.91 Å². The summed E-state index contributed by atoms with van der Waals surface area (Å²) in [5.41, 5.74) is 0.286. The molecule has 1 spiro atoms. The van der Waals surface area contributed by atoms with Gasteiger partial charge >= 0.3 is 0 Å². The molecule has 0 aromatic heterocycles. The molecule has 148 valence electrons. The number of benzene rings is 1. The van der Waals surface area contributed by atoms with Crippen LogP contribution in [0.2, 0.25) is 0 Å². The lowest BCUT2D eigenvalue weighted by Gasteiger charge is -2.48. The Bertz CT molecular complexity index is 657. The van der Waals surface area contributed by atoms with Gasteiger partial charge in [0.1, 0.15) is 12.7 Å². The second-order valence-electron chi connectivity index (χ2n) is 8.11. The molecule has 1 atom stereocenters. The first-order valence-electron chi connectivity index (χ1n) is 10.1. The fourth-order valence-corrected chi connectivity index (χ4v) is 4.57. The fourth-order valence-electron chi connectivity index (χ4n) is 4.57. The number of rotatable bonds is 5. The second kappa shape index (κ2) is 8.07. The average molecular weight is 374 g/mol. The Morgan fingerprint density at radius 2 is 1.96 bits per heavy atom. The first-order valence-corrected chi connectivity index (χ1v) is 10.1. The van der Waals surface area contributed by atoms with Crippen molar-refractivity contribution in [2.45, 2.75) is 31.8 Å². The number of likely N-dealkylation sites (tertiary alicyclic amines) is 2. The largest absolute Gasteiger partial charge is 0.486 e. The van der Waals surface area contributed by atoms with Gasteiger partial charge in [-0.25, -0.2) is 0 Å². The topological polar surface area (TPSA) is 51.2 Å². The van der Waals surface area contributed by atoms with Crippen LogP contribution < -0.4 is 9.47 Å². The Hall–Kier alpha value is -1.79. The summed E-state index contributed by atoms with van der Waals surface area (Å²) in [7, 11) is 1.69. The third kappa shape index (κ3) is 4.22. The van der Waals surface area contributed by atoms with E-state index in [2.05, 4.69) is 4.90 Å². The first kappa shape index (κ1) is 18.6. The monoisotopic (exact) mass is 374 g/mol. The van der Waals surface area contributed by atoms with Gasteiger partial charge in [0, 0.05) is 33.2 Å². The lowest BCUT2D eigenvalue weighted by Crippen LogP contribution is -2.53. The number of para-hydroxylation sites is 2. The van der Waals surface area contributed by atoms with Gasteiger partial charge in [-0.1, -0.05) is 12.1 Å². The lowest BCUT2D eigenvalue weighted by molar-refractivity contribution is -0.140. The third-order valence-electron chi connectivity index (χ3n) is 6.26. The molecule has 1 amide bonds. The van der Waals surface area contributed by atoms with E-state index in [0.717, 1.165) is 56.9 Å². The van der Waals surface area contributed by atoms with Crippen molar-refractivity contribution in [2.24, 2.45) is 5.41 Å². The van der Waals surface area contributed by atoms with E-state index in [-0.39, 0.29) is 17.4 Å². The number of carbonyl (C=O) groups excluding carboxylic acids is 1. The molecule has 3 aliphatic heterocycles. The van der Waals surface area contributed by atoms with Gasteiger partial charge in [-0.05, 0) is 49.9 Å². The van der Waals surface area contributed by atoms with Gasteiger partial charge in [-0.15, -0.1) is 0 Å². The smallest absolute Gasteiger partial charge is 0.222 e. The Labute approximate surface area is 161 Å². The summed E-state index contributed by atoms with van der Waals surface area (Å²) in [4.78, 5) is 16.7. The Balaban J connectivity index is 1.28. The molecule has 27 heavy (non-hydrogen) atoms. The van der Waals surface area contributed by atoms with Crippen LogP contribution in [-0.2, 0) is 9.53 Å². The zero-order chi connectivity index (χ0) is 18.7. The minimum absolute atomic E-state index is 0.0834. The normalized spacial score (nSPS) is 25.0. The van der Waals surface area contributed by atoms with Crippen LogP contribution in [0.1, 0.15) is 25.7 Å². The van der Waals surface area contributed by atoms with Crippen LogP contribution >= 0.6 is 0 Å². The molecule has 0 N–H and O–H groups in total. The second-order valence-corrected chi connectivity index (χ2v) is 8.11. The van der Waals surface area contributed by atoms with Gasteiger partial charge in [-0.2, -0.15) is 0 Å². The highest BCUT2D eigenvalue weighted by atomic mass is 16.6. The molecule has 2 saturated heterocycles. The minimum atomic E-state index is 0.0834. The molecule has 3 heterocycles. The van der Waals surface area contributed by atoms with E-state index in [1.54, 1.807) is 7.11 Å². The van der Waals surface area contributed by atoms with Crippen LogP contribution in [-0.4, -0.2) is 74.9 Å². The standard InChI is InChI=1S/C21H30N2O4/c1-25-13-12-23-16-21(7-6-20(23)24)8-10-22(11-9-21)14-17-15-26-18-4-2-3-5-19(18)27-17/h2-5,17H,6-16H2,1H3. The summed E-state index contributed by atoms with van der Waals surface area (Å²) in [6, 6.07) is 7.88. The summed E-state index contributed by atoms with van der Waals surface area (Å²) >= 11 is 0. The number of ether oxygens (including phenoxy) is 3. The van der Waals surface area contributed by atoms with Crippen molar-refractivity contribution in [1.82, 2.24) is 9.80 Å². The van der Waals surface area contributed by atoms with Gasteiger partial charge in [-0.3, -0.25) is 9.69 Å². The molecule has 0 bridgehead atoms. The van der Waals surface area contributed by atoms with E-state index in [1.807, 2.05) is 29.2 Å². The maximum Gasteiger partial charge on any atom is 0.222 e. The molecule has 0 aliphatic carbocycles. The fraction of sp³-hybridized carbons (Fsp3) is 0.667. The van der Waals surface area contributed by atoms with Crippen LogP contribution in [0.5, 0.6) is 11.5 Å². The van der Waals surface area contributed by atoms with Crippen molar-refractivity contribution in [2.75, 3.05) is 53.0 Å². The molecule has 1 aromatic rings. The van der Waals surface area contributed by atoms with Crippen LogP contribution in [0, 0.1) is 5.41 Å². The quantitative estimate of drug-likeness (QED) is 0.791. The highest BCUT2D eigenvalue weighted by Gasteiger charge is 2.41. The highest BCUT2D eigenvalue weighted by Crippen LogP contribution is 2.40. The van der Waals surface area contributed by atoms with Gasteiger partial charge in [0.15, 0.2) is 11.5 Å². The molecule has 2 fully saturated rings. The SMILES string of the molecule is COCCN1CC2(CCC1=O)CCN(CC1COc3ccccc3O1)CC2. The molecule has 0 radical (unpaired) electrons. The zero-order valence-electron chi connectivity index (χ0n) is 16.2. The Morgan fingerprint density at radius 3 is 2.74 bits per heavy atom. The van der Waals surface area contributed by atoms with Gasteiger partial charge in [0.05, 0.1) is 6.61 Å². The van der Waals surface area contributed by atoms with E-state index >= 15 is 0 Å². The van der Waals surface area contributed by atoms with E-state index in [1.165, 1.54) is 0 Å². The van der Waals surface area contributed by atoms with Crippen molar-refractivity contribution in [3.8, 4) is 11.5 Å². The number of nitrogens with zero attached hydrogens (tertiary/aromatic N) is 2. The summed E-state index contributed by atoms with van der Waals surface area (Å²) in [5, 5.41) is 0. The summed E-state index contributed by atoms with van der Waals surface area (Å²) in [5.74, 6) is 1.97. The van der Waals surface area contributed by atoms with Crippen molar-refractivity contribution < 1.29 is 19.0 Å². The predicted molar refractivity (Wildman–Crippen MR) is 102 cm³/mol. The summed E-state index contributed by atoms with van der Waals surface area (Å²) in [6.45, 7) is 5.86. The van der Waals surface area contributed by atoms with Crippen molar-refractivity contribution in [1.29, 1.82) is 0 Å². The molecule has 4 rings (SSSR count). The average Bonchev–Trinajstić information content (AvgIpc) is 2.71. The molecular weight excluding hydrogens is 344 g/mol. The molecule has 1 unspecified atom stereocenters. The van der Waals surface area contributed by atoms with Crippen LogP contribution in [0.15, 0.2) is 24.3 Å². The lowest BCUT2D eigenvalue weighted by atomic mass is 9.72. The van der Waals surface area contributed by atoms with Crippen molar-refractivity contribution in [3.05, 3.63) is 24.3 Å². The first-order chi connectivity index (χ1) is 13.2. The molecular formula is C21H30N2O4. The number of piperidine rings is 2. The third-order valence-corrected chi connectivity index (χ3v) is 6.26. The highest BCUT2D eigenvalue weighted by molar-refractivity contribution is 5.77. The molecule has 3 aliphatic rings. The molecule has 6 heteroatoms. The van der Waals surface area contributed by atoms with Gasteiger partial charge in [0.25, 0.3) is 0 Å². The van der Waals surface area contributed by atoms with Gasteiger partial charge < -0.3 is 19.1 Å². The maximum absolute atomic E-state index is 12.2. The van der Waals surface area contributed by atoms with Crippen LogP contribution in [0.4, 0.5) is 0 Å². The summed E-state index contributed by atoms with van der Waals surface area (Å²) < 4.78 is 17.1. The Kier molecular flexibility index (Phi) is 5.55. The molecule has 6 nitrogen and oxygen atoms in total. The van der Waals surface area contributed by atoms with Crippen LogP contribution in [0.25, 0.3) is 0 Å². The number of hydrogen-bond donors (Lipinski definition) is 0. The van der Waals surface area contributed by atoms with Crippen molar-refractivity contribution >= 4 is 5.91 Å². The van der Waals surface area contributed by atoms with E-state index in [4.69, 9.17) is 14.2 Å². The minimum Gasteiger partial charge on any atom is -0.486 e. The van der Waals surface area contributed by atoms with Crippen LogP contribution in [0.3, 0.4) is 0 Å². The van der Waals surface area contributed by atoms with E-state index in [0.29, 0.717) is 26.2 Å². The number of hydrogen-bond acceptors (Lipinski definition) is 5. The predicted octanol–water partition coefficient (Wildman–Crippen LogP) is 2.18. The number of methoxy groups -OCH3 is 1. The number of carbonyl (C=O) groups is 1. The Morgan fingerprint density at radius 1 is 1.19 bits per heavy atom. The van der Waals surface area contributed by atoms with E-state index in [9.17, 15) is 4.79 Å². The summed E-state index contributed by atoms with van der Waals surface area (Å²) in [6.07, 6.45) is 4.08. The zero-order valence-corrected chi connectivity index (χ0v) is 16.2. The van der Waals surface area contributed by atoms with E-state index < -0.39 is 0 Å². The number of fused-ring (bicyclic) bond motifs is 1. The molecule has 0 saturated carbocycles. The molecule has 1 aromatic carbocycles. The van der Waals surface area contributed by atoms with Crippen molar-refractivity contribution in [3.63, 3.8) is 0 Å². The maximum atomic E-state index is 12.2.